The van der Waals surface area contributed by atoms with Crippen molar-refractivity contribution in [2.45, 2.75) is 6.54 Å². The van der Waals surface area contributed by atoms with Gasteiger partial charge in [0, 0.05) is 13.6 Å². The molecule has 2 heterocycles. The first kappa shape index (κ1) is 11.2. The molecule has 90 valence electrons. The van der Waals surface area contributed by atoms with Gasteiger partial charge in [-0.1, -0.05) is 30.3 Å². The number of nitrogens with zero attached hydrogens (tertiary/aromatic N) is 3. The van der Waals surface area contributed by atoms with Crippen molar-refractivity contribution in [3.63, 3.8) is 0 Å². The molecule has 0 saturated carbocycles. The van der Waals surface area contributed by atoms with E-state index in [-0.39, 0.29) is 0 Å². The summed E-state index contributed by atoms with van der Waals surface area (Å²) < 4.78 is 1.13. The van der Waals surface area contributed by atoms with Crippen LogP contribution in [0.3, 0.4) is 0 Å². The van der Waals surface area contributed by atoms with E-state index in [4.69, 9.17) is 0 Å². The molecule has 0 atom stereocenters. The number of hydrogen-bond acceptors (Lipinski definition) is 4. The summed E-state index contributed by atoms with van der Waals surface area (Å²) in [7, 11) is 2.01. The summed E-state index contributed by atoms with van der Waals surface area (Å²) in [4.78, 5) is 11.0. The van der Waals surface area contributed by atoms with Crippen LogP contribution in [0.5, 0.6) is 0 Å². The average molecular weight is 255 g/mol. The Morgan fingerprint density at radius 2 is 2.00 bits per heavy atom. The first-order valence-corrected chi connectivity index (χ1v) is 6.66. The van der Waals surface area contributed by atoms with Crippen LogP contribution in [-0.4, -0.2) is 17.0 Å². The number of aromatic nitrogens is 2. The lowest BCUT2D eigenvalue weighted by molar-refractivity contribution is 0.874. The van der Waals surface area contributed by atoms with Gasteiger partial charge in [0.2, 0.25) is 5.95 Å². The molecule has 0 N–H and O–H groups in total. The monoisotopic (exact) mass is 255 g/mol. The van der Waals surface area contributed by atoms with E-state index in [1.807, 2.05) is 42.9 Å². The third kappa shape index (κ3) is 2.19. The fraction of sp³-hybridized carbons (Fsp3) is 0.143. The second kappa shape index (κ2) is 4.74. The normalized spacial score (nSPS) is 10.7. The van der Waals surface area contributed by atoms with E-state index < -0.39 is 0 Å². The Balaban J connectivity index is 1.85. The highest BCUT2D eigenvalue weighted by molar-refractivity contribution is 7.17. The Labute approximate surface area is 110 Å². The zero-order valence-electron chi connectivity index (χ0n) is 10.1. The van der Waals surface area contributed by atoms with Crippen LogP contribution in [0.1, 0.15) is 5.56 Å². The van der Waals surface area contributed by atoms with E-state index in [2.05, 4.69) is 27.0 Å². The second-order valence-corrected chi connectivity index (χ2v) is 5.13. The molecule has 0 radical (unpaired) electrons. The largest absolute Gasteiger partial charge is 0.340 e. The molecular formula is C14H13N3S. The summed E-state index contributed by atoms with van der Waals surface area (Å²) in [5.74, 6) is 0.768. The molecule has 2 aromatic heterocycles. The fourth-order valence-corrected chi connectivity index (χ4v) is 2.56. The SMILES string of the molecule is CN(Cc1ccccc1)c1ncc2sccc2n1. The lowest BCUT2D eigenvalue weighted by Crippen LogP contribution is -2.18. The lowest BCUT2D eigenvalue weighted by atomic mass is 10.2. The van der Waals surface area contributed by atoms with Gasteiger partial charge in [0.05, 0.1) is 16.4 Å². The first-order chi connectivity index (χ1) is 8.83. The Morgan fingerprint density at radius 1 is 1.17 bits per heavy atom. The minimum atomic E-state index is 0.768. The Bertz CT molecular complexity index is 648. The highest BCUT2D eigenvalue weighted by Crippen LogP contribution is 2.20. The van der Waals surface area contributed by atoms with E-state index in [1.165, 1.54) is 5.56 Å². The molecule has 0 amide bonds. The standard InChI is InChI=1S/C14H13N3S/c1-17(10-11-5-3-2-4-6-11)14-15-9-13-12(16-14)7-8-18-13/h2-9H,10H2,1H3. The van der Waals surface area contributed by atoms with E-state index >= 15 is 0 Å². The van der Waals surface area contributed by atoms with Crippen LogP contribution >= 0.6 is 11.3 Å². The van der Waals surface area contributed by atoms with Gasteiger partial charge in [-0.05, 0) is 17.0 Å². The molecule has 3 nitrogen and oxygen atoms in total. The van der Waals surface area contributed by atoms with Crippen LogP contribution < -0.4 is 4.90 Å². The molecule has 3 rings (SSSR count). The van der Waals surface area contributed by atoms with Gasteiger partial charge in [-0.3, -0.25) is 0 Å². The summed E-state index contributed by atoms with van der Waals surface area (Å²) in [6.45, 7) is 0.816. The van der Waals surface area contributed by atoms with E-state index in [0.717, 1.165) is 22.7 Å². The summed E-state index contributed by atoms with van der Waals surface area (Å²) in [5.41, 5.74) is 2.28. The van der Waals surface area contributed by atoms with Gasteiger partial charge in [-0.15, -0.1) is 11.3 Å². The van der Waals surface area contributed by atoms with Crippen molar-refractivity contribution in [3.8, 4) is 0 Å². The van der Waals surface area contributed by atoms with Gasteiger partial charge < -0.3 is 4.90 Å². The van der Waals surface area contributed by atoms with E-state index in [9.17, 15) is 0 Å². The predicted molar refractivity (Wildman–Crippen MR) is 76.0 cm³/mol. The van der Waals surface area contributed by atoms with Gasteiger partial charge in [0.1, 0.15) is 0 Å². The zero-order chi connectivity index (χ0) is 12.4. The molecule has 18 heavy (non-hydrogen) atoms. The van der Waals surface area contributed by atoms with Crippen molar-refractivity contribution in [2.24, 2.45) is 0 Å². The molecule has 0 saturated heterocycles. The van der Waals surface area contributed by atoms with Gasteiger partial charge in [0.25, 0.3) is 0 Å². The number of fused-ring (bicyclic) bond motifs is 1. The van der Waals surface area contributed by atoms with Crippen molar-refractivity contribution in [3.05, 3.63) is 53.5 Å². The number of anilines is 1. The predicted octanol–water partition coefficient (Wildman–Crippen LogP) is 3.33. The van der Waals surface area contributed by atoms with Crippen LogP contribution in [0.2, 0.25) is 0 Å². The first-order valence-electron chi connectivity index (χ1n) is 5.78. The molecule has 0 aliphatic heterocycles. The number of benzene rings is 1. The van der Waals surface area contributed by atoms with Crippen molar-refractivity contribution in [2.75, 3.05) is 11.9 Å². The molecular weight excluding hydrogens is 242 g/mol. The highest BCUT2D eigenvalue weighted by Gasteiger charge is 2.06. The molecule has 0 bridgehead atoms. The van der Waals surface area contributed by atoms with Crippen LogP contribution in [0.4, 0.5) is 5.95 Å². The number of rotatable bonds is 3. The zero-order valence-corrected chi connectivity index (χ0v) is 10.9. The van der Waals surface area contributed by atoms with Crippen molar-refractivity contribution < 1.29 is 0 Å². The lowest BCUT2D eigenvalue weighted by Gasteiger charge is -2.16. The molecule has 0 fully saturated rings. The Hall–Kier alpha value is -1.94. The van der Waals surface area contributed by atoms with Crippen LogP contribution in [-0.2, 0) is 6.54 Å². The number of hydrogen-bond donors (Lipinski definition) is 0. The highest BCUT2D eigenvalue weighted by atomic mass is 32.1. The van der Waals surface area contributed by atoms with Crippen molar-refractivity contribution in [1.29, 1.82) is 0 Å². The molecule has 3 aromatic rings. The number of thiophene rings is 1. The molecule has 0 spiro atoms. The Kier molecular flexibility index (Phi) is 2.94. The van der Waals surface area contributed by atoms with Gasteiger partial charge >= 0.3 is 0 Å². The summed E-state index contributed by atoms with van der Waals surface area (Å²) in [6, 6.07) is 12.4. The van der Waals surface area contributed by atoms with Crippen molar-refractivity contribution >= 4 is 27.5 Å². The minimum absolute atomic E-state index is 0.768. The quantitative estimate of drug-likeness (QED) is 0.719. The maximum Gasteiger partial charge on any atom is 0.225 e. The van der Waals surface area contributed by atoms with E-state index in [1.54, 1.807) is 11.3 Å². The third-order valence-electron chi connectivity index (χ3n) is 2.80. The summed E-state index contributed by atoms with van der Waals surface area (Å²) in [6.07, 6.45) is 1.89. The van der Waals surface area contributed by atoms with Crippen LogP contribution in [0.25, 0.3) is 10.2 Å². The molecule has 0 unspecified atom stereocenters. The topological polar surface area (TPSA) is 29.0 Å². The van der Waals surface area contributed by atoms with E-state index in [0.29, 0.717) is 0 Å². The molecule has 1 aromatic carbocycles. The minimum Gasteiger partial charge on any atom is -0.340 e. The van der Waals surface area contributed by atoms with Crippen molar-refractivity contribution in [1.82, 2.24) is 9.97 Å². The maximum atomic E-state index is 4.56. The fourth-order valence-electron chi connectivity index (χ4n) is 1.87. The summed E-state index contributed by atoms with van der Waals surface area (Å²) in [5, 5.41) is 2.04. The average Bonchev–Trinajstić information content (AvgIpc) is 2.87. The molecule has 0 aliphatic carbocycles. The molecule has 0 aliphatic rings. The van der Waals surface area contributed by atoms with Crippen LogP contribution in [0, 0.1) is 0 Å². The maximum absolute atomic E-state index is 4.56. The Morgan fingerprint density at radius 3 is 2.83 bits per heavy atom. The van der Waals surface area contributed by atoms with Gasteiger partial charge in [0.15, 0.2) is 0 Å². The smallest absolute Gasteiger partial charge is 0.225 e. The second-order valence-electron chi connectivity index (χ2n) is 4.18. The summed E-state index contributed by atoms with van der Waals surface area (Å²) >= 11 is 1.67. The van der Waals surface area contributed by atoms with Crippen LogP contribution in [0.15, 0.2) is 48.0 Å². The van der Waals surface area contributed by atoms with Gasteiger partial charge in [-0.25, -0.2) is 9.97 Å². The third-order valence-corrected chi connectivity index (χ3v) is 3.64. The molecule has 4 heteroatoms. The van der Waals surface area contributed by atoms with Gasteiger partial charge in [-0.2, -0.15) is 0 Å².